The zero-order chi connectivity index (χ0) is 11.8. The average molecular weight is 239 g/mol. The highest BCUT2D eigenvalue weighted by Crippen LogP contribution is 2.03. The van der Waals surface area contributed by atoms with E-state index in [2.05, 4.69) is 17.9 Å². The molecular formula is C12H17NO2S. The second kappa shape index (κ2) is 7.30. The number of aliphatic carboxylic acids is 1. The van der Waals surface area contributed by atoms with E-state index in [4.69, 9.17) is 5.11 Å². The van der Waals surface area contributed by atoms with Crippen molar-refractivity contribution in [3.8, 4) is 0 Å². The van der Waals surface area contributed by atoms with Crippen LogP contribution in [0.25, 0.3) is 0 Å². The van der Waals surface area contributed by atoms with E-state index in [1.807, 2.05) is 30.3 Å². The summed E-state index contributed by atoms with van der Waals surface area (Å²) in [5.41, 5.74) is 1.20. The van der Waals surface area contributed by atoms with Crippen molar-refractivity contribution in [2.24, 2.45) is 0 Å². The smallest absolute Gasteiger partial charge is 0.303 e. The third-order valence-electron chi connectivity index (χ3n) is 2.36. The van der Waals surface area contributed by atoms with Crippen LogP contribution in [-0.4, -0.2) is 22.9 Å². The van der Waals surface area contributed by atoms with Crippen molar-refractivity contribution in [1.29, 1.82) is 0 Å². The maximum atomic E-state index is 10.4. The fraction of sp³-hybridized carbons (Fsp3) is 0.417. The molecule has 0 aliphatic rings. The van der Waals surface area contributed by atoms with Gasteiger partial charge in [0.05, 0.1) is 0 Å². The number of benzene rings is 1. The van der Waals surface area contributed by atoms with Crippen molar-refractivity contribution >= 4 is 18.6 Å². The molecule has 1 aromatic rings. The van der Waals surface area contributed by atoms with Crippen molar-refractivity contribution in [2.45, 2.75) is 25.4 Å². The number of hydrogen-bond acceptors (Lipinski definition) is 3. The van der Waals surface area contributed by atoms with Crippen LogP contribution < -0.4 is 5.32 Å². The standard InChI is InChI=1S/C12H17NO2S/c14-12(15)7-6-11(9-16)13-8-10-4-2-1-3-5-10/h1-5,11,13,16H,6-9H2,(H,14,15). The lowest BCUT2D eigenvalue weighted by Gasteiger charge is -2.15. The first kappa shape index (κ1) is 13.1. The molecule has 4 heteroatoms. The predicted molar refractivity (Wildman–Crippen MR) is 67.8 cm³/mol. The lowest BCUT2D eigenvalue weighted by molar-refractivity contribution is -0.137. The first-order chi connectivity index (χ1) is 7.72. The van der Waals surface area contributed by atoms with Gasteiger partial charge < -0.3 is 10.4 Å². The molecular weight excluding hydrogens is 222 g/mol. The number of hydrogen-bond donors (Lipinski definition) is 3. The highest BCUT2D eigenvalue weighted by atomic mass is 32.1. The van der Waals surface area contributed by atoms with Gasteiger partial charge in [-0.05, 0) is 12.0 Å². The van der Waals surface area contributed by atoms with Gasteiger partial charge in [-0.2, -0.15) is 12.6 Å². The molecule has 0 heterocycles. The van der Waals surface area contributed by atoms with Crippen LogP contribution in [0.3, 0.4) is 0 Å². The fourth-order valence-electron chi connectivity index (χ4n) is 1.41. The fourth-order valence-corrected chi connectivity index (χ4v) is 1.73. The molecule has 88 valence electrons. The second-order valence-electron chi connectivity index (χ2n) is 3.68. The van der Waals surface area contributed by atoms with E-state index in [-0.39, 0.29) is 12.5 Å². The van der Waals surface area contributed by atoms with Crippen molar-refractivity contribution in [3.63, 3.8) is 0 Å². The summed E-state index contributed by atoms with van der Waals surface area (Å²) < 4.78 is 0. The van der Waals surface area contributed by atoms with Gasteiger partial charge in [0.2, 0.25) is 0 Å². The molecule has 1 atom stereocenters. The Hall–Kier alpha value is -1.00. The van der Waals surface area contributed by atoms with Crippen LogP contribution in [0.5, 0.6) is 0 Å². The molecule has 0 aliphatic heterocycles. The first-order valence-corrected chi connectivity index (χ1v) is 5.95. The summed E-state index contributed by atoms with van der Waals surface area (Å²) in [6.45, 7) is 0.756. The van der Waals surface area contributed by atoms with E-state index in [9.17, 15) is 4.79 Å². The van der Waals surface area contributed by atoms with Gasteiger partial charge in [0.1, 0.15) is 0 Å². The van der Waals surface area contributed by atoms with E-state index in [0.29, 0.717) is 12.2 Å². The Bertz CT molecular complexity index is 316. The Morgan fingerprint density at radius 3 is 2.62 bits per heavy atom. The topological polar surface area (TPSA) is 49.3 Å². The molecule has 1 unspecified atom stereocenters. The van der Waals surface area contributed by atoms with Gasteiger partial charge in [-0.25, -0.2) is 0 Å². The molecule has 0 spiro atoms. The molecule has 0 fully saturated rings. The van der Waals surface area contributed by atoms with Gasteiger partial charge >= 0.3 is 5.97 Å². The monoisotopic (exact) mass is 239 g/mol. The van der Waals surface area contributed by atoms with Crippen molar-refractivity contribution in [2.75, 3.05) is 5.75 Å². The van der Waals surface area contributed by atoms with E-state index >= 15 is 0 Å². The molecule has 0 saturated heterocycles. The lowest BCUT2D eigenvalue weighted by Crippen LogP contribution is -2.30. The van der Waals surface area contributed by atoms with E-state index < -0.39 is 5.97 Å². The van der Waals surface area contributed by atoms with Gasteiger partial charge in [-0.1, -0.05) is 30.3 Å². The molecule has 0 amide bonds. The van der Waals surface area contributed by atoms with Crippen LogP contribution in [0.4, 0.5) is 0 Å². The largest absolute Gasteiger partial charge is 0.481 e. The minimum atomic E-state index is -0.756. The summed E-state index contributed by atoms with van der Waals surface area (Å²) in [6, 6.07) is 10.2. The van der Waals surface area contributed by atoms with Crippen LogP contribution in [0.1, 0.15) is 18.4 Å². The third kappa shape index (κ3) is 5.19. The molecule has 1 aromatic carbocycles. The van der Waals surface area contributed by atoms with Crippen molar-refractivity contribution < 1.29 is 9.90 Å². The van der Waals surface area contributed by atoms with Crippen LogP contribution in [-0.2, 0) is 11.3 Å². The molecule has 2 N–H and O–H groups in total. The van der Waals surface area contributed by atoms with Crippen LogP contribution in [0.2, 0.25) is 0 Å². The van der Waals surface area contributed by atoms with Crippen LogP contribution in [0, 0.1) is 0 Å². The predicted octanol–water partition coefficient (Wildman–Crippen LogP) is 1.94. The van der Waals surface area contributed by atoms with Gasteiger partial charge in [0.25, 0.3) is 0 Å². The summed E-state index contributed by atoms with van der Waals surface area (Å²) in [6.07, 6.45) is 0.804. The van der Waals surface area contributed by atoms with Crippen LogP contribution in [0.15, 0.2) is 30.3 Å². The Morgan fingerprint density at radius 1 is 1.38 bits per heavy atom. The molecule has 0 saturated carbocycles. The minimum Gasteiger partial charge on any atom is -0.481 e. The normalized spacial score (nSPS) is 12.3. The van der Waals surface area contributed by atoms with Gasteiger partial charge in [0.15, 0.2) is 0 Å². The highest BCUT2D eigenvalue weighted by Gasteiger charge is 2.08. The number of carboxylic acids is 1. The summed E-state index contributed by atoms with van der Waals surface area (Å²) in [5, 5.41) is 11.9. The quantitative estimate of drug-likeness (QED) is 0.637. The average Bonchev–Trinajstić information content (AvgIpc) is 2.30. The summed E-state index contributed by atoms with van der Waals surface area (Å²) in [5.74, 6) is -0.103. The van der Waals surface area contributed by atoms with E-state index in [1.54, 1.807) is 0 Å². The Balaban J connectivity index is 2.31. The first-order valence-electron chi connectivity index (χ1n) is 5.32. The zero-order valence-corrected chi connectivity index (χ0v) is 9.99. The number of thiol groups is 1. The lowest BCUT2D eigenvalue weighted by atomic mass is 10.1. The maximum absolute atomic E-state index is 10.4. The molecule has 0 radical (unpaired) electrons. The maximum Gasteiger partial charge on any atom is 0.303 e. The molecule has 0 bridgehead atoms. The summed E-state index contributed by atoms with van der Waals surface area (Å²) in [7, 11) is 0. The Kier molecular flexibility index (Phi) is 5.96. The SMILES string of the molecule is O=C(O)CCC(CS)NCc1ccccc1. The minimum absolute atomic E-state index is 0.152. The molecule has 1 rings (SSSR count). The van der Waals surface area contributed by atoms with Crippen LogP contribution >= 0.6 is 12.6 Å². The summed E-state index contributed by atoms with van der Waals surface area (Å²) >= 11 is 4.21. The number of carboxylic acid groups (broad SMARTS) is 1. The molecule has 0 aromatic heterocycles. The molecule has 16 heavy (non-hydrogen) atoms. The van der Waals surface area contributed by atoms with Gasteiger partial charge in [-0.3, -0.25) is 4.79 Å². The third-order valence-corrected chi connectivity index (χ3v) is 2.81. The van der Waals surface area contributed by atoms with Crippen molar-refractivity contribution in [3.05, 3.63) is 35.9 Å². The zero-order valence-electron chi connectivity index (χ0n) is 9.10. The Labute approximate surface area is 101 Å². The molecule has 0 aliphatic carbocycles. The second-order valence-corrected chi connectivity index (χ2v) is 4.04. The van der Waals surface area contributed by atoms with Gasteiger partial charge in [0, 0.05) is 24.8 Å². The highest BCUT2D eigenvalue weighted by molar-refractivity contribution is 7.80. The number of carbonyl (C=O) groups is 1. The molecule has 3 nitrogen and oxygen atoms in total. The number of nitrogens with one attached hydrogen (secondary N) is 1. The Morgan fingerprint density at radius 2 is 2.06 bits per heavy atom. The van der Waals surface area contributed by atoms with E-state index in [1.165, 1.54) is 5.56 Å². The van der Waals surface area contributed by atoms with E-state index in [0.717, 1.165) is 6.54 Å². The van der Waals surface area contributed by atoms with Crippen molar-refractivity contribution in [1.82, 2.24) is 5.32 Å². The summed E-state index contributed by atoms with van der Waals surface area (Å²) in [4.78, 5) is 10.4. The van der Waals surface area contributed by atoms with Gasteiger partial charge in [-0.15, -0.1) is 0 Å². The number of rotatable bonds is 7.